The number of hydrogen-bond acceptors (Lipinski definition) is 5. The highest BCUT2D eigenvalue weighted by atomic mass is 35.5. The van der Waals surface area contributed by atoms with Gasteiger partial charge in [-0.1, -0.05) is 43.1 Å². The number of fused-ring (bicyclic) bond motifs is 1. The molecular formula is C28H36Cl2N6. The van der Waals surface area contributed by atoms with Crippen molar-refractivity contribution in [2.24, 2.45) is 17.3 Å². The second kappa shape index (κ2) is 9.38. The molecule has 4 heterocycles. The molecule has 0 amide bonds. The Bertz CT molecular complexity index is 1240. The first-order valence-electron chi connectivity index (χ1n) is 13.3. The molecule has 1 aromatic carbocycles. The third-order valence-electron chi connectivity index (χ3n) is 8.63. The van der Waals surface area contributed by atoms with Gasteiger partial charge in [0, 0.05) is 41.9 Å². The lowest BCUT2D eigenvalue weighted by molar-refractivity contribution is -0.00912. The van der Waals surface area contributed by atoms with E-state index in [1.165, 1.54) is 38.8 Å². The highest BCUT2D eigenvalue weighted by Gasteiger charge is 2.43. The van der Waals surface area contributed by atoms with Gasteiger partial charge in [0.15, 0.2) is 0 Å². The Morgan fingerprint density at radius 3 is 2.64 bits per heavy atom. The van der Waals surface area contributed by atoms with Crippen molar-refractivity contribution in [2.75, 3.05) is 36.4 Å². The van der Waals surface area contributed by atoms with Crippen molar-refractivity contribution in [1.82, 2.24) is 19.9 Å². The summed E-state index contributed by atoms with van der Waals surface area (Å²) < 4.78 is 0. The molecule has 36 heavy (non-hydrogen) atoms. The van der Waals surface area contributed by atoms with Crippen molar-refractivity contribution in [3.8, 4) is 0 Å². The van der Waals surface area contributed by atoms with Gasteiger partial charge in [-0.25, -0.2) is 0 Å². The molecule has 3 fully saturated rings. The molecule has 6 rings (SSSR count). The summed E-state index contributed by atoms with van der Waals surface area (Å²) in [6.07, 6.45) is 7.33. The maximum Gasteiger partial charge on any atom is 0.229 e. The predicted molar refractivity (Wildman–Crippen MR) is 149 cm³/mol. The van der Waals surface area contributed by atoms with Gasteiger partial charge in [-0.2, -0.15) is 9.97 Å². The summed E-state index contributed by atoms with van der Waals surface area (Å²) in [7, 11) is 0. The largest absolute Gasteiger partial charge is 0.363 e. The third kappa shape index (κ3) is 4.68. The van der Waals surface area contributed by atoms with E-state index in [0.29, 0.717) is 15.5 Å². The molecule has 8 heteroatoms. The van der Waals surface area contributed by atoms with Gasteiger partial charge in [-0.05, 0) is 80.2 Å². The van der Waals surface area contributed by atoms with E-state index in [-0.39, 0.29) is 6.04 Å². The molecule has 2 N–H and O–H groups in total. The van der Waals surface area contributed by atoms with E-state index in [1.54, 1.807) is 6.07 Å². The van der Waals surface area contributed by atoms with E-state index < -0.39 is 0 Å². The minimum atomic E-state index is -0.0236. The number of piperidine rings is 1. The smallest absolute Gasteiger partial charge is 0.229 e. The van der Waals surface area contributed by atoms with Crippen molar-refractivity contribution in [2.45, 2.75) is 58.5 Å². The van der Waals surface area contributed by atoms with Crippen molar-refractivity contribution < 1.29 is 0 Å². The van der Waals surface area contributed by atoms with Crippen LogP contribution in [-0.2, 0) is 0 Å². The number of nitrogens with zero attached hydrogens (tertiary/aromatic N) is 4. The van der Waals surface area contributed by atoms with Gasteiger partial charge in [-0.15, -0.1) is 0 Å². The molecular weight excluding hydrogens is 491 g/mol. The van der Waals surface area contributed by atoms with Crippen molar-refractivity contribution >= 4 is 46.0 Å². The monoisotopic (exact) mass is 526 g/mol. The van der Waals surface area contributed by atoms with Crippen LogP contribution in [0.3, 0.4) is 0 Å². The van der Waals surface area contributed by atoms with Crippen LogP contribution in [0.4, 0.5) is 11.8 Å². The first kappa shape index (κ1) is 24.3. The van der Waals surface area contributed by atoms with E-state index in [0.717, 1.165) is 59.3 Å². The average molecular weight is 528 g/mol. The van der Waals surface area contributed by atoms with Crippen LogP contribution >= 0.6 is 23.2 Å². The lowest BCUT2D eigenvalue weighted by Crippen LogP contribution is -2.57. The van der Waals surface area contributed by atoms with Crippen LogP contribution in [0.25, 0.3) is 11.0 Å². The SMILES string of the molecule is C[C@@H](Nc1nc(N2CC([C@H]3CCCN(C4CC(C)(C)C4)C3)C2)nc2[nH]ccc12)c1ccc(Cl)cc1Cl. The van der Waals surface area contributed by atoms with E-state index in [4.69, 9.17) is 33.2 Å². The number of benzene rings is 1. The zero-order chi connectivity index (χ0) is 25.0. The summed E-state index contributed by atoms with van der Waals surface area (Å²) >= 11 is 12.6. The van der Waals surface area contributed by atoms with Gasteiger partial charge < -0.3 is 20.1 Å². The number of rotatable bonds is 6. The zero-order valence-corrected chi connectivity index (χ0v) is 22.9. The quantitative estimate of drug-likeness (QED) is 0.370. The van der Waals surface area contributed by atoms with Gasteiger partial charge in [0.1, 0.15) is 11.5 Å². The summed E-state index contributed by atoms with van der Waals surface area (Å²) in [5.74, 6) is 3.14. The maximum atomic E-state index is 6.47. The minimum Gasteiger partial charge on any atom is -0.363 e. The normalized spacial score (nSPS) is 23.9. The van der Waals surface area contributed by atoms with Crippen molar-refractivity contribution in [3.05, 3.63) is 46.1 Å². The number of nitrogens with one attached hydrogen (secondary N) is 2. The highest BCUT2D eigenvalue weighted by Crippen LogP contribution is 2.45. The van der Waals surface area contributed by atoms with Crippen LogP contribution in [0, 0.1) is 17.3 Å². The van der Waals surface area contributed by atoms with Crippen LogP contribution in [0.5, 0.6) is 0 Å². The summed E-state index contributed by atoms with van der Waals surface area (Å²) in [5, 5.41) is 5.85. The lowest BCUT2D eigenvalue weighted by atomic mass is 9.67. The van der Waals surface area contributed by atoms with E-state index in [2.05, 4.69) is 40.9 Å². The molecule has 2 saturated heterocycles. The fourth-order valence-corrected chi connectivity index (χ4v) is 7.09. The molecule has 3 aliphatic rings. The van der Waals surface area contributed by atoms with Crippen LogP contribution < -0.4 is 10.2 Å². The molecule has 1 saturated carbocycles. The average Bonchev–Trinajstić information content (AvgIpc) is 3.26. The number of anilines is 2. The molecule has 3 aromatic rings. The predicted octanol–water partition coefficient (Wildman–Crippen LogP) is 6.77. The molecule has 2 aromatic heterocycles. The van der Waals surface area contributed by atoms with Gasteiger partial charge >= 0.3 is 0 Å². The summed E-state index contributed by atoms with van der Waals surface area (Å²) in [6, 6.07) is 8.43. The van der Waals surface area contributed by atoms with E-state index in [1.807, 2.05) is 24.4 Å². The number of aromatic amines is 1. The van der Waals surface area contributed by atoms with Gasteiger partial charge in [-0.3, -0.25) is 0 Å². The Hall–Kier alpha value is -2.02. The van der Waals surface area contributed by atoms with Gasteiger partial charge in [0.05, 0.1) is 11.4 Å². The minimum absolute atomic E-state index is 0.0236. The lowest BCUT2D eigenvalue weighted by Gasteiger charge is -2.53. The Labute approximate surface area is 223 Å². The molecule has 0 spiro atoms. The van der Waals surface area contributed by atoms with Crippen LogP contribution in [0.15, 0.2) is 30.5 Å². The Morgan fingerprint density at radius 1 is 1.08 bits per heavy atom. The molecule has 1 aliphatic carbocycles. The zero-order valence-electron chi connectivity index (χ0n) is 21.4. The Kier molecular flexibility index (Phi) is 6.33. The number of likely N-dealkylation sites (tertiary alicyclic amines) is 1. The fraction of sp³-hybridized carbons (Fsp3) is 0.571. The molecule has 192 valence electrons. The Morgan fingerprint density at radius 2 is 1.89 bits per heavy atom. The third-order valence-corrected chi connectivity index (χ3v) is 9.19. The highest BCUT2D eigenvalue weighted by molar-refractivity contribution is 6.35. The van der Waals surface area contributed by atoms with Crippen LogP contribution in [0.1, 0.15) is 58.1 Å². The molecule has 6 nitrogen and oxygen atoms in total. The number of halogens is 2. The fourth-order valence-electron chi connectivity index (χ4n) is 6.52. The molecule has 0 radical (unpaired) electrons. The maximum absolute atomic E-state index is 6.47. The molecule has 2 atom stereocenters. The summed E-state index contributed by atoms with van der Waals surface area (Å²) in [4.78, 5) is 18.2. The topological polar surface area (TPSA) is 60.1 Å². The Balaban J connectivity index is 1.13. The van der Waals surface area contributed by atoms with Gasteiger partial charge in [0.25, 0.3) is 0 Å². The standard InChI is InChI=1S/C28H36Cl2N6/c1-17(22-7-6-20(29)11-24(22)30)32-26-23-8-9-31-25(23)33-27(34-26)36-15-19(16-36)18-5-4-10-35(14-18)21-12-28(2,3)13-21/h6-9,11,17-19,21H,4-5,10,12-16H2,1-3H3,(H2,31,32,33,34)/t17-,18+/m1/s1. The number of H-pyrrole nitrogens is 1. The second-order valence-electron chi connectivity index (χ2n) is 11.9. The second-order valence-corrected chi connectivity index (χ2v) is 12.8. The first-order chi connectivity index (χ1) is 17.3. The van der Waals surface area contributed by atoms with Crippen LogP contribution in [0.2, 0.25) is 10.0 Å². The molecule has 0 bridgehead atoms. The first-order valence-corrected chi connectivity index (χ1v) is 14.1. The molecule has 2 aliphatic heterocycles. The summed E-state index contributed by atoms with van der Waals surface area (Å²) in [6.45, 7) is 11.5. The number of hydrogen-bond donors (Lipinski definition) is 2. The van der Waals surface area contributed by atoms with Crippen molar-refractivity contribution in [3.63, 3.8) is 0 Å². The van der Waals surface area contributed by atoms with E-state index in [9.17, 15) is 0 Å². The molecule has 0 unspecified atom stereocenters. The van der Waals surface area contributed by atoms with E-state index >= 15 is 0 Å². The summed E-state index contributed by atoms with van der Waals surface area (Å²) in [5.41, 5.74) is 2.39. The van der Waals surface area contributed by atoms with Crippen molar-refractivity contribution in [1.29, 1.82) is 0 Å². The number of aromatic nitrogens is 3. The van der Waals surface area contributed by atoms with Crippen LogP contribution in [-0.4, -0.2) is 52.1 Å². The van der Waals surface area contributed by atoms with Gasteiger partial charge in [0.2, 0.25) is 5.95 Å².